The molecule has 0 atom stereocenters. The molecule has 1 fully saturated rings. The summed E-state index contributed by atoms with van der Waals surface area (Å²) in [6.45, 7) is 8.92. The highest BCUT2D eigenvalue weighted by Crippen LogP contribution is 2.63. The lowest BCUT2D eigenvalue weighted by atomic mass is 10.0. The van der Waals surface area contributed by atoms with Gasteiger partial charge >= 0.3 is 5.69 Å². The van der Waals surface area contributed by atoms with Gasteiger partial charge < -0.3 is 5.32 Å². The molecule has 1 saturated carbocycles. The SMILES string of the molecule is CC1(C)C(Nc2ccc3n[nH]c(=O)n3n2)C1(C)C. The van der Waals surface area contributed by atoms with Gasteiger partial charge in [0.05, 0.1) is 0 Å². The number of hydrogen-bond acceptors (Lipinski definition) is 4. The van der Waals surface area contributed by atoms with E-state index >= 15 is 0 Å². The second kappa shape index (κ2) is 3.13. The summed E-state index contributed by atoms with van der Waals surface area (Å²) in [5.41, 5.74) is 0.665. The molecule has 3 rings (SSSR count). The third-order valence-corrected chi connectivity index (χ3v) is 4.59. The molecule has 0 unspecified atom stereocenters. The fourth-order valence-corrected chi connectivity index (χ4v) is 2.58. The maximum Gasteiger partial charge on any atom is 0.364 e. The topological polar surface area (TPSA) is 75.1 Å². The van der Waals surface area contributed by atoms with E-state index in [1.54, 1.807) is 6.07 Å². The second-order valence-corrected chi connectivity index (χ2v) is 6.04. The molecule has 0 aliphatic heterocycles. The second-order valence-electron chi connectivity index (χ2n) is 6.04. The highest BCUT2D eigenvalue weighted by molar-refractivity contribution is 5.46. The van der Waals surface area contributed by atoms with Gasteiger partial charge in [0.25, 0.3) is 0 Å². The van der Waals surface area contributed by atoms with Gasteiger partial charge in [0, 0.05) is 6.04 Å². The summed E-state index contributed by atoms with van der Waals surface area (Å²) in [5, 5.41) is 13.9. The van der Waals surface area contributed by atoms with Crippen LogP contribution in [0.15, 0.2) is 16.9 Å². The van der Waals surface area contributed by atoms with Gasteiger partial charge in [-0.05, 0) is 23.0 Å². The lowest BCUT2D eigenvalue weighted by Gasteiger charge is -2.06. The van der Waals surface area contributed by atoms with Crippen LogP contribution in [0.4, 0.5) is 5.82 Å². The minimum atomic E-state index is -0.317. The largest absolute Gasteiger partial charge is 0.365 e. The number of rotatable bonds is 2. The smallest absolute Gasteiger partial charge is 0.364 e. The van der Waals surface area contributed by atoms with Gasteiger partial charge in [-0.2, -0.15) is 9.61 Å². The molecule has 96 valence electrons. The monoisotopic (exact) mass is 247 g/mol. The van der Waals surface area contributed by atoms with Gasteiger partial charge in [0.15, 0.2) is 5.65 Å². The predicted octanol–water partition coefficient (Wildman–Crippen LogP) is 1.26. The molecule has 1 aliphatic carbocycles. The fraction of sp³-hybridized carbons (Fsp3) is 0.583. The van der Waals surface area contributed by atoms with E-state index in [-0.39, 0.29) is 16.5 Å². The standard InChI is InChI=1S/C12H17N5O/c1-11(2)9(12(11,3)4)13-7-5-6-8-14-15-10(18)17(8)16-7/h5-6,9H,1-4H3,(H,13,16)(H,15,18). The average Bonchev–Trinajstić information content (AvgIpc) is 2.64. The lowest BCUT2D eigenvalue weighted by molar-refractivity contribution is 0.457. The van der Waals surface area contributed by atoms with Crippen LogP contribution in [0.25, 0.3) is 5.65 Å². The summed E-state index contributed by atoms with van der Waals surface area (Å²) >= 11 is 0. The van der Waals surface area contributed by atoms with Gasteiger partial charge in [-0.15, -0.1) is 5.10 Å². The van der Waals surface area contributed by atoms with Crippen molar-refractivity contribution in [2.24, 2.45) is 10.8 Å². The van der Waals surface area contributed by atoms with E-state index in [2.05, 4.69) is 48.3 Å². The molecule has 0 aromatic carbocycles. The van der Waals surface area contributed by atoms with Crippen LogP contribution in [0.2, 0.25) is 0 Å². The predicted molar refractivity (Wildman–Crippen MR) is 68.6 cm³/mol. The van der Waals surface area contributed by atoms with Crippen molar-refractivity contribution < 1.29 is 0 Å². The molecule has 0 spiro atoms. The Morgan fingerprint density at radius 1 is 1.28 bits per heavy atom. The number of nitrogens with zero attached hydrogens (tertiary/aromatic N) is 3. The van der Waals surface area contributed by atoms with E-state index in [0.717, 1.165) is 0 Å². The minimum Gasteiger partial charge on any atom is -0.365 e. The Balaban J connectivity index is 1.93. The van der Waals surface area contributed by atoms with Crippen LogP contribution in [0.3, 0.4) is 0 Å². The number of anilines is 1. The van der Waals surface area contributed by atoms with Gasteiger partial charge in [0.1, 0.15) is 5.82 Å². The number of hydrogen-bond donors (Lipinski definition) is 2. The van der Waals surface area contributed by atoms with Crippen molar-refractivity contribution in [3.63, 3.8) is 0 Å². The van der Waals surface area contributed by atoms with Crippen LogP contribution in [0.5, 0.6) is 0 Å². The molecule has 1 aliphatic rings. The third kappa shape index (κ3) is 1.31. The molecule has 2 aromatic heterocycles. The molecule has 6 heteroatoms. The third-order valence-electron chi connectivity index (χ3n) is 4.59. The van der Waals surface area contributed by atoms with E-state index in [4.69, 9.17) is 0 Å². The molecule has 0 radical (unpaired) electrons. The summed E-state index contributed by atoms with van der Waals surface area (Å²) in [4.78, 5) is 11.4. The minimum absolute atomic E-state index is 0.227. The van der Waals surface area contributed by atoms with Crippen molar-refractivity contribution in [2.75, 3.05) is 5.32 Å². The van der Waals surface area contributed by atoms with Gasteiger partial charge in [-0.1, -0.05) is 27.7 Å². The van der Waals surface area contributed by atoms with Crippen LogP contribution in [-0.2, 0) is 0 Å². The van der Waals surface area contributed by atoms with Crippen LogP contribution in [0, 0.1) is 10.8 Å². The zero-order chi connectivity index (χ0) is 13.1. The molecule has 18 heavy (non-hydrogen) atoms. The van der Waals surface area contributed by atoms with Crippen LogP contribution in [0.1, 0.15) is 27.7 Å². The Morgan fingerprint density at radius 3 is 2.56 bits per heavy atom. The van der Waals surface area contributed by atoms with Gasteiger partial charge in [0.2, 0.25) is 0 Å². The van der Waals surface area contributed by atoms with E-state index in [9.17, 15) is 4.79 Å². The molecular weight excluding hydrogens is 230 g/mol. The Labute approximate surface area is 104 Å². The van der Waals surface area contributed by atoms with Crippen molar-refractivity contribution >= 4 is 11.5 Å². The van der Waals surface area contributed by atoms with Crippen molar-refractivity contribution in [2.45, 2.75) is 33.7 Å². The maximum absolute atomic E-state index is 11.4. The number of nitrogens with one attached hydrogen (secondary N) is 2. The highest BCUT2D eigenvalue weighted by atomic mass is 16.2. The Kier molecular flexibility index (Phi) is 1.95. The van der Waals surface area contributed by atoms with E-state index in [1.165, 1.54) is 4.52 Å². The molecule has 6 nitrogen and oxygen atoms in total. The first kappa shape index (κ1) is 11.3. The molecule has 0 amide bonds. The fourth-order valence-electron chi connectivity index (χ4n) is 2.58. The Morgan fingerprint density at radius 2 is 1.94 bits per heavy atom. The highest BCUT2D eigenvalue weighted by Gasteiger charge is 2.65. The molecule has 0 bridgehead atoms. The van der Waals surface area contributed by atoms with Crippen molar-refractivity contribution in [1.82, 2.24) is 19.8 Å². The molecular formula is C12H17N5O. The van der Waals surface area contributed by atoms with E-state index < -0.39 is 0 Å². The number of aromatic nitrogens is 4. The van der Waals surface area contributed by atoms with Crippen molar-refractivity contribution in [1.29, 1.82) is 0 Å². The summed E-state index contributed by atoms with van der Waals surface area (Å²) in [6.07, 6.45) is 0. The summed E-state index contributed by atoms with van der Waals surface area (Å²) in [7, 11) is 0. The molecule has 2 aromatic rings. The lowest BCUT2D eigenvalue weighted by Crippen LogP contribution is -2.16. The summed E-state index contributed by atoms with van der Waals surface area (Å²) in [6, 6.07) is 3.98. The number of fused-ring (bicyclic) bond motifs is 1. The normalized spacial score (nSPS) is 21.1. The molecule has 2 heterocycles. The van der Waals surface area contributed by atoms with Gasteiger partial charge in [-0.3, -0.25) is 0 Å². The van der Waals surface area contributed by atoms with Crippen LogP contribution < -0.4 is 11.0 Å². The maximum atomic E-state index is 11.4. The first-order valence-electron chi connectivity index (χ1n) is 6.05. The summed E-state index contributed by atoms with van der Waals surface area (Å²) < 4.78 is 1.27. The van der Waals surface area contributed by atoms with Crippen LogP contribution in [-0.4, -0.2) is 25.9 Å². The zero-order valence-corrected chi connectivity index (χ0v) is 11.0. The average molecular weight is 247 g/mol. The van der Waals surface area contributed by atoms with Crippen LogP contribution >= 0.6 is 0 Å². The molecule has 2 N–H and O–H groups in total. The summed E-state index contributed by atoms with van der Waals surface area (Å²) in [5.74, 6) is 0.703. The van der Waals surface area contributed by atoms with E-state index in [0.29, 0.717) is 17.5 Å². The number of aromatic amines is 1. The van der Waals surface area contributed by atoms with Gasteiger partial charge in [-0.25, -0.2) is 9.89 Å². The Bertz CT molecular complexity index is 652. The first-order chi connectivity index (χ1) is 8.34. The zero-order valence-electron chi connectivity index (χ0n) is 11.0. The van der Waals surface area contributed by atoms with Crippen molar-refractivity contribution in [3.8, 4) is 0 Å². The Hall–Kier alpha value is -1.85. The van der Waals surface area contributed by atoms with Crippen molar-refractivity contribution in [3.05, 3.63) is 22.6 Å². The number of H-pyrrole nitrogens is 1. The first-order valence-corrected chi connectivity index (χ1v) is 6.05. The molecule has 0 saturated heterocycles. The quantitative estimate of drug-likeness (QED) is 0.838. The van der Waals surface area contributed by atoms with E-state index in [1.807, 2.05) is 6.07 Å².